The molecule has 0 fully saturated rings. The Bertz CT molecular complexity index is 1310. The van der Waals surface area contributed by atoms with Gasteiger partial charge in [0.15, 0.2) is 5.78 Å². The second-order valence-electron chi connectivity index (χ2n) is 8.84. The number of ketones is 1. The molecule has 0 saturated carbocycles. The summed E-state index contributed by atoms with van der Waals surface area (Å²) in [5.41, 5.74) is -1.12. The summed E-state index contributed by atoms with van der Waals surface area (Å²) in [7, 11) is 1.26. The molecule has 0 radical (unpaired) electrons. The maximum Gasteiger partial charge on any atom is 0.416 e. The van der Waals surface area contributed by atoms with Crippen LogP contribution in [0.1, 0.15) is 55.0 Å². The standard InChI is InChI=1S/C28H20F6O4/c1-37-26(36)18-4-2-16(3-5-18)15-38-23-8-9-24-19(13-23)6-7-20(25(24)35)10-17-11-21(27(29,30)31)14-22(12-17)28(32,33)34/h2,4,8-9,11-14,20H,6-7,10,15H2,1H3. The largest absolute Gasteiger partial charge is 0.488 e. The Morgan fingerprint density at radius 1 is 0.947 bits per heavy atom. The highest BCUT2D eigenvalue weighted by atomic mass is 19.4. The summed E-state index contributed by atoms with van der Waals surface area (Å²) in [4.78, 5) is 24.5. The van der Waals surface area contributed by atoms with E-state index >= 15 is 0 Å². The minimum Gasteiger partial charge on any atom is -0.488 e. The fraction of sp³-hybridized carbons (Fsp3) is 0.286. The number of methoxy groups -OCH3 is 1. The van der Waals surface area contributed by atoms with E-state index in [0.29, 0.717) is 41.0 Å². The molecule has 3 aromatic rings. The summed E-state index contributed by atoms with van der Waals surface area (Å²) >= 11 is 0. The second-order valence-corrected chi connectivity index (χ2v) is 8.84. The van der Waals surface area contributed by atoms with Gasteiger partial charge in [0.2, 0.25) is 0 Å². The number of fused-ring (bicyclic) bond motifs is 1. The van der Waals surface area contributed by atoms with Crippen molar-refractivity contribution >= 4 is 11.8 Å². The first-order chi connectivity index (χ1) is 17.8. The minimum absolute atomic E-state index is 0.0757. The lowest BCUT2D eigenvalue weighted by Crippen LogP contribution is -2.25. The van der Waals surface area contributed by atoms with E-state index in [1.165, 1.54) is 13.2 Å². The minimum atomic E-state index is -4.95. The molecule has 10 heteroatoms. The van der Waals surface area contributed by atoms with E-state index in [4.69, 9.17) is 4.74 Å². The highest BCUT2D eigenvalue weighted by Crippen LogP contribution is 2.38. The summed E-state index contributed by atoms with van der Waals surface area (Å²) < 4.78 is 89.5. The number of carbonyl (C=O) groups excluding carboxylic acids is 2. The monoisotopic (exact) mass is 534 g/mol. The lowest BCUT2D eigenvalue weighted by molar-refractivity contribution is -0.143. The van der Waals surface area contributed by atoms with Crippen molar-refractivity contribution in [3.8, 4) is 5.75 Å². The zero-order valence-corrected chi connectivity index (χ0v) is 19.9. The third-order valence-electron chi connectivity index (χ3n) is 6.21. The molecule has 0 spiro atoms. The van der Waals surface area contributed by atoms with Crippen LogP contribution in [0.3, 0.4) is 0 Å². The fourth-order valence-electron chi connectivity index (χ4n) is 4.29. The maximum absolute atomic E-state index is 13.2. The molecule has 38 heavy (non-hydrogen) atoms. The maximum atomic E-state index is 13.2. The molecule has 4 nitrogen and oxygen atoms in total. The number of Topliss-reactive ketones (excluding diaryl/α,β-unsaturated/α-hetero) is 1. The van der Waals surface area contributed by atoms with Crippen molar-refractivity contribution in [3.05, 3.63) is 99.6 Å². The number of hydrogen-bond donors (Lipinski definition) is 0. The molecule has 1 unspecified atom stereocenters. The zero-order valence-electron chi connectivity index (χ0n) is 19.9. The van der Waals surface area contributed by atoms with Gasteiger partial charge in [0.25, 0.3) is 0 Å². The quantitative estimate of drug-likeness (QED) is 0.262. The summed E-state index contributed by atoms with van der Waals surface area (Å²) in [5, 5.41) is 0. The fourth-order valence-corrected chi connectivity index (χ4v) is 4.29. The van der Waals surface area contributed by atoms with Crippen LogP contribution in [0.15, 0.2) is 48.5 Å². The number of hydrogen-bond acceptors (Lipinski definition) is 4. The summed E-state index contributed by atoms with van der Waals surface area (Å²) in [6, 6.07) is 14.8. The van der Waals surface area contributed by atoms with Crippen molar-refractivity contribution in [2.45, 2.75) is 38.2 Å². The molecule has 1 aliphatic carbocycles. The number of benzene rings is 2. The second kappa shape index (κ2) is 10.4. The van der Waals surface area contributed by atoms with Crippen LogP contribution in [0, 0.1) is 18.1 Å². The summed E-state index contributed by atoms with van der Waals surface area (Å²) in [5.74, 6) is -1.17. The SMILES string of the molecule is COC(=O)c1c#cc(COc2ccc3c(c2)CCC(Cc2cc(C(F)(F)F)cc(C(F)(F)F)c2)C3=O)cc1. The highest BCUT2D eigenvalue weighted by molar-refractivity contribution is 6.00. The first kappa shape index (κ1) is 27.0. The zero-order chi connectivity index (χ0) is 27.7. The van der Waals surface area contributed by atoms with E-state index in [1.54, 1.807) is 24.3 Å². The molecule has 0 amide bonds. The molecule has 198 valence electrons. The molecular formula is C28H20F6O4. The van der Waals surface area contributed by atoms with Crippen molar-refractivity contribution in [2.24, 2.45) is 5.92 Å². The third kappa shape index (κ3) is 6.10. The summed E-state index contributed by atoms with van der Waals surface area (Å²) in [6.07, 6.45) is -9.46. The van der Waals surface area contributed by atoms with Crippen LogP contribution in [0.4, 0.5) is 26.3 Å². The van der Waals surface area contributed by atoms with Crippen molar-refractivity contribution in [3.63, 3.8) is 0 Å². The van der Waals surface area contributed by atoms with Gasteiger partial charge < -0.3 is 9.47 Å². The van der Waals surface area contributed by atoms with Crippen molar-refractivity contribution < 1.29 is 45.4 Å². The predicted octanol–water partition coefficient (Wildman–Crippen LogP) is 6.68. The Morgan fingerprint density at radius 2 is 1.63 bits per heavy atom. The first-order valence-corrected chi connectivity index (χ1v) is 11.4. The molecule has 3 aromatic carbocycles. The van der Waals surface area contributed by atoms with Crippen LogP contribution in [-0.2, 0) is 36.5 Å². The predicted molar refractivity (Wildman–Crippen MR) is 123 cm³/mol. The number of alkyl halides is 6. The van der Waals surface area contributed by atoms with Gasteiger partial charge in [-0.15, -0.1) is 0 Å². The number of aryl methyl sites for hydroxylation is 1. The first-order valence-electron chi connectivity index (χ1n) is 11.4. The van der Waals surface area contributed by atoms with Crippen molar-refractivity contribution in [2.75, 3.05) is 7.11 Å². The van der Waals surface area contributed by atoms with E-state index in [1.807, 2.05) is 0 Å². The van der Waals surface area contributed by atoms with Crippen LogP contribution in [0.5, 0.6) is 5.75 Å². The number of halogens is 6. The van der Waals surface area contributed by atoms with Gasteiger partial charge in [-0.1, -0.05) is 12.1 Å². The van der Waals surface area contributed by atoms with E-state index in [2.05, 4.69) is 16.9 Å². The van der Waals surface area contributed by atoms with Crippen molar-refractivity contribution in [1.29, 1.82) is 0 Å². The summed E-state index contributed by atoms with van der Waals surface area (Å²) in [6.45, 7) is 0.115. The molecule has 1 atom stereocenters. The molecule has 0 heterocycles. The van der Waals surface area contributed by atoms with Gasteiger partial charge in [-0.05, 0) is 78.9 Å². The average Bonchev–Trinajstić information content (AvgIpc) is 2.87. The molecule has 0 N–H and O–H groups in total. The lowest BCUT2D eigenvalue weighted by atomic mass is 9.79. The Labute approximate surface area is 214 Å². The van der Waals surface area contributed by atoms with E-state index in [9.17, 15) is 35.9 Å². The molecule has 1 aliphatic rings. The van der Waals surface area contributed by atoms with Crippen molar-refractivity contribution in [1.82, 2.24) is 0 Å². The Hall–Kier alpha value is -4.00. The molecule has 4 rings (SSSR count). The van der Waals surface area contributed by atoms with Gasteiger partial charge in [-0.25, -0.2) is 4.79 Å². The Kier molecular flexibility index (Phi) is 7.40. The molecule has 0 aliphatic heterocycles. The van der Waals surface area contributed by atoms with Crippen LogP contribution in [0.2, 0.25) is 0 Å². The number of ether oxygens (including phenoxy) is 2. The van der Waals surface area contributed by atoms with Gasteiger partial charge in [0, 0.05) is 17.0 Å². The van der Waals surface area contributed by atoms with Crippen LogP contribution < -0.4 is 4.74 Å². The number of rotatable bonds is 6. The van der Waals surface area contributed by atoms with Crippen LogP contribution in [-0.4, -0.2) is 18.9 Å². The van der Waals surface area contributed by atoms with Crippen LogP contribution >= 0.6 is 0 Å². The van der Waals surface area contributed by atoms with E-state index in [0.717, 1.165) is 0 Å². The van der Waals surface area contributed by atoms with E-state index in [-0.39, 0.29) is 42.4 Å². The number of esters is 1. The average molecular weight is 534 g/mol. The van der Waals surface area contributed by atoms with Gasteiger partial charge >= 0.3 is 18.3 Å². The third-order valence-corrected chi connectivity index (χ3v) is 6.21. The van der Waals surface area contributed by atoms with Gasteiger partial charge in [0.1, 0.15) is 17.9 Å². The Morgan fingerprint density at radius 3 is 2.21 bits per heavy atom. The Balaban J connectivity index is 1.46. The topological polar surface area (TPSA) is 52.6 Å². The number of carbonyl (C=O) groups is 2. The molecular weight excluding hydrogens is 514 g/mol. The lowest BCUT2D eigenvalue weighted by Gasteiger charge is -2.24. The van der Waals surface area contributed by atoms with Gasteiger partial charge in [0.05, 0.1) is 18.2 Å². The van der Waals surface area contributed by atoms with E-state index < -0.39 is 35.4 Å². The smallest absolute Gasteiger partial charge is 0.416 e. The molecule has 0 aromatic heterocycles. The van der Waals surface area contributed by atoms with Gasteiger partial charge in [-0.3, -0.25) is 4.79 Å². The molecule has 0 bridgehead atoms. The van der Waals surface area contributed by atoms with Crippen LogP contribution in [0.25, 0.3) is 0 Å². The highest BCUT2D eigenvalue weighted by Gasteiger charge is 2.37. The van der Waals surface area contributed by atoms with Gasteiger partial charge in [-0.2, -0.15) is 26.3 Å². The molecule has 0 saturated heterocycles. The normalized spacial score (nSPS) is 15.4.